The van der Waals surface area contributed by atoms with Gasteiger partial charge in [-0.2, -0.15) is 0 Å². The zero-order chi connectivity index (χ0) is 19.9. The number of hydrogen-bond donors (Lipinski definition) is 1. The molecule has 1 aromatic rings. The average molecular weight is 382 g/mol. The fraction of sp³-hybridized carbons (Fsp3) is 0.550. The van der Waals surface area contributed by atoms with Gasteiger partial charge < -0.3 is 14.2 Å². The van der Waals surface area contributed by atoms with E-state index in [4.69, 9.17) is 9.05 Å². The lowest BCUT2D eigenvalue weighted by molar-refractivity contribution is -0.116. The molecule has 0 aliphatic heterocycles. The molecule has 6 heteroatoms. The predicted octanol–water partition coefficient (Wildman–Crippen LogP) is 5.49. The van der Waals surface area contributed by atoms with Crippen LogP contribution >= 0.6 is 7.60 Å². The highest BCUT2D eigenvalue weighted by Crippen LogP contribution is 2.42. The molecule has 0 bridgehead atoms. The molecular formula is C20H31O5P. The maximum Gasteiger partial charge on any atom is 0.327 e. The summed E-state index contributed by atoms with van der Waals surface area (Å²) >= 11 is 0. The highest BCUT2D eigenvalue weighted by atomic mass is 31.2. The monoisotopic (exact) mass is 382 g/mol. The minimum absolute atomic E-state index is 0.220. The van der Waals surface area contributed by atoms with E-state index in [1.165, 1.54) is 19.9 Å². The first-order valence-corrected chi connectivity index (χ1v) is 11.0. The minimum Gasteiger partial charge on any atom is -0.507 e. The Morgan fingerprint density at radius 1 is 1.19 bits per heavy atom. The van der Waals surface area contributed by atoms with Gasteiger partial charge in [0, 0.05) is 13.8 Å². The number of ketones is 1. The van der Waals surface area contributed by atoms with E-state index >= 15 is 0 Å². The molecule has 1 rings (SSSR count). The van der Waals surface area contributed by atoms with Gasteiger partial charge in [0.05, 0.1) is 0 Å². The number of carbonyl (C=O) groups is 1. The number of phenols is 1. The van der Waals surface area contributed by atoms with Crippen LogP contribution in [0, 0.1) is 0 Å². The minimum atomic E-state index is -3.17. The van der Waals surface area contributed by atoms with Crippen molar-refractivity contribution in [2.75, 3.05) is 20.4 Å². The van der Waals surface area contributed by atoms with Crippen LogP contribution in [0.2, 0.25) is 0 Å². The van der Waals surface area contributed by atoms with Gasteiger partial charge in [0.15, 0.2) is 5.78 Å². The Labute approximate surface area is 156 Å². The molecule has 0 spiro atoms. The summed E-state index contributed by atoms with van der Waals surface area (Å²) in [5.41, 5.74) is 2.64. The molecule has 0 aromatic heterocycles. The van der Waals surface area contributed by atoms with Gasteiger partial charge in [-0.25, -0.2) is 0 Å². The maximum absolute atomic E-state index is 12.0. The van der Waals surface area contributed by atoms with Crippen LogP contribution < -0.4 is 0 Å². The Morgan fingerprint density at radius 3 is 2.12 bits per heavy atom. The SMILES string of the molecule is CCC(C)c1cc(C=CC(=O)COP(C)(=O)OC)cc(C(C)CC)c1O. The first-order valence-electron chi connectivity index (χ1n) is 9.00. The second-order valence-electron chi connectivity index (χ2n) is 6.69. The Hall–Kier alpha value is -1.42. The molecule has 0 radical (unpaired) electrons. The van der Waals surface area contributed by atoms with Gasteiger partial charge >= 0.3 is 7.60 Å². The van der Waals surface area contributed by atoms with Gasteiger partial charge in [-0.1, -0.05) is 33.8 Å². The third-order valence-corrected chi connectivity index (χ3v) is 5.97. The van der Waals surface area contributed by atoms with Gasteiger partial charge in [-0.15, -0.1) is 0 Å². The maximum atomic E-state index is 12.0. The Morgan fingerprint density at radius 2 is 1.69 bits per heavy atom. The quantitative estimate of drug-likeness (QED) is 0.428. The van der Waals surface area contributed by atoms with Crippen molar-refractivity contribution < 1.29 is 23.5 Å². The van der Waals surface area contributed by atoms with E-state index in [2.05, 4.69) is 27.7 Å². The van der Waals surface area contributed by atoms with Crippen molar-refractivity contribution in [3.63, 3.8) is 0 Å². The fourth-order valence-corrected chi connectivity index (χ4v) is 2.93. The van der Waals surface area contributed by atoms with E-state index < -0.39 is 7.60 Å². The molecule has 3 unspecified atom stereocenters. The van der Waals surface area contributed by atoms with Gasteiger partial charge in [0.25, 0.3) is 0 Å². The van der Waals surface area contributed by atoms with Crippen molar-refractivity contribution in [2.45, 2.75) is 52.4 Å². The summed E-state index contributed by atoms with van der Waals surface area (Å²) in [6.45, 7) is 9.33. The van der Waals surface area contributed by atoms with Crippen LogP contribution in [0.3, 0.4) is 0 Å². The van der Waals surface area contributed by atoms with Crippen LogP contribution in [0.5, 0.6) is 5.75 Å². The van der Waals surface area contributed by atoms with Crippen LogP contribution in [-0.2, 0) is 18.4 Å². The molecule has 26 heavy (non-hydrogen) atoms. The zero-order valence-electron chi connectivity index (χ0n) is 16.6. The normalized spacial score (nSPS) is 16.4. The molecule has 3 atom stereocenters. The highest BCUT2D eigenvalue weighted by Gasteiger charge is 2.18. The first-order chi connectivity index (χ1) is 12.1. The molecule has 1 N–H and O–H groups in total. The van der Waals surface area contributed by atoms with Crippen molar-refractivity contribution in [3.8, 4) is 5.75 Å². The van der Waals surface area contributed by atoms with Crippen molar-refractivity contribution >= 4 is 19.5 Å². The molecule has 0 heterocycles. The summed E-state index contributed by atoms with van der Waals surface area (Å²) in [7, 11) is -1.89. The second kappa shape index (κ2) is 10.1. The van der Waals surface area contributed by atoms with Gasteiger partial charge in [0.1, 0.15) is 12.4 Å². The largest absolute Gasteiger partial charge is 0.507 e. The molecule has 0 fully saturated rings. The van der Waals surface area contributed by atoms with Crippen molar-refractivity contribution in [1.29, 1.82) is 0 Å². The third kappa shape index (κ3) is 6.39. The highest BCUT2D eigenvalue weighted by molar-refractivity contribution is 7.52. The Balaban J connectivity index is 3.08. The topological polar surface area (TPSA) is 72.8 Å². The summed E-state index contributed by atoms with van der Waals surface area (Å²) in [6.07, 6.45) is 4.94. The average Bonchev–Trinajstić information content (AvgIpc) is 2.64. The van der Waals surface area contributed by atoms with Gasteiger partial charge in [-0.3, -0.25) is 9.36 Å². The van der Waals surface area contributed by atoms with Crippen LogP contribution in [0.4, 0.5) is 0 Å². The summed E-state index contributed by atoms with van der Waals surface area (Å²) in [4.78, 5) is 12.0. The van der Waals surface area contributed by atoms with Crippen molar-refractivity contribution in [1.82, 2.24) is 0 Å². The van der Waals surface area contributed by atoms with E-state index in [9.17, 15) is 14.5 Å². The molecule has 146 valence electrons. The first kappa shape index (κ1) is 22.6. The molecule has 0 saturated heterocycles. The van der Waals surface area contributed by atoms with E-state index in [-0.39, 0.29) is 24.2 Å². The Kier molecular flexibility index (Phi) is 8.75. The van der Waals surface area contributed by atoms with Crippen LogP contribution in [0.1, 0.15) is 69.1 Å². The summed E-state index contributed by atoms with van der Waals surface area (Å²) in [5, 5.41) is 10.6. The molecule has 5 nitrogen and oxygen atoms in total. The predicted molar refractivity (Wildman–Crippen MR) is 106 cm³/mol. The molecule has 1 aromatic carbocycles. The lowest BCUT2D eigenvalue weighted by atomic mass is 9.88. The molecular weight excluding hydrogens is 351 g/mol. The summed E-state index contributed by atoms with van der Waals surface area (Å²) < 4.78 is 21.4. The number of aromatic hydroxyl groups is 1. The van der Waals surface area contributed by atoms with E-state index in [0.717, 1.165) is 29.5 Å². The van der Waals surface area contributed by atoms with E-state index in [1.54, 1.807) is 6.08 Å². The number of benzene rings is 1. The van der Waals surface area contributed by atoms with Crippen molar-refractivity contribution in [2.24, 2.45) is 0 Å². The molecule has 0 aliphatic rings. The standard InChI is InChI=1S/C20H31O5P/c1-7-14(3)18-11-16(12-19(20(18)22)15(4)8-2)9-10-17(21)13-25-26(6,23)24-5/h9-12,14-15,22H,7-8,13H2,1-6H3. The molecule has 0 aliphatic carbocycles. The molecule has 0 amide bonds. The Bertz CT molecular complexity index is 664. The lowest BCUT2D eigenvalue weighted by Gasteiger charge is -2.19. The molecule has 0 saturated carbocycles. The summed E-state index contributed by atoms with van der Waals surface area (Å²) in [6, 6.07) is 3.83. The number of carbonyl (C=O) groups excluding carboxylic acids is 1. The smallest absolute Gasteiger partial charge is 0.327 e. The summed E-state index contributed by atoms with van der Waals surface area (Å²) in [5.74, 6) is 0.496. The van der Waals surface area contributed by atoms with Crippen LogP contribution in [0.15, 0.2) is 18.2 Å². The fourth-order valence-electron chi connectivity index (χ4n) is 2.46. The van der Waals surface area contributed by atoms with Gasteiger partial charge in [0.2, 0.25) is 0 Å². The van der Waals surface area contributed by atoms with Gasteiger partial charge in [-0.05, 0) is 59.6 Å². The second-order valence-corrected chi connectivity index (χ2v) is 8.86. The number of rotatable bonds is 10. The van der Waals surface area contributed by atoms with Crippen LogP contribution in [0.25, 0.3) is 6.08 Å². The number of hydrogen-bond acceptors (Lipinski definition) is 5. The third-order valence-electron chi connectivity index (χ3n) is 4.71. The van der Waals surface area contributed by atoms with E-state index in [1.807, 2.05) is 12.1 Å². The van der Waals surface area contributed by atoms with Crippen LogP contribution in [-0.4, -0.2) is 31.3 Å². The van der Waals surface area contributed by atoms with E-state index in [0.29, 0.717) is 5.75 Å². The zero-order valence-corrected chi connectivity index (χ0v) is 17.5. The lowest BCUT2D eigenvalue weighted by Crippen LogP contribution is -2.04. The van der Waals surface area contributed by atoms with Crippen molar-refractivity contribution in [3.05, 3.63) is 34.9 Å². The number of phenolic OH excluding ortho intramolecular Hbond substituents is 1.